The van der Waals surface area contributed by atoms with Crippen LogP contribution in [0.5, 0.6) is 11.6 Å². The molecule has 1 aromatic carbocycles. The Hall–Kier alpha value is -2.28. The van der Waals surface area contributed by atoms with Crippen molar-refractivity contribution in [3.63, 3.8) is 0 Å². The molecule has 0 bridgehead atoms. The normalized spacial score (nSPS) is 10.4. The van der Waals surface area contributed by atoms with Gasteiger partial charge in [0.05, 0.1) is 12.0 Å². The van der Waals surface area contributed by atoms with Crippen LogP contribution in [0, 0.1) is 0 Å². The second-order valence-electron chi connectivity index (χ2n) is 3.81. The van der Waals surface area contributed by atoms with Crippen molar-refractivity contribution in [3.05, 3.63) is 43.9 Å². The summed E-state index contributed by atoms with van der Waals surface area (Å²) >= 11 is 0.894. The molecule has 0 radical (unpaired) electrons. The average Bonchev–Trinajstić information content (AvgIpc) is 2.69. The fourth-order valence-corrected chi connectivity index (χ4v) is 2.38. The topological polar surface area (TPSA) is 99.6 Å². The number of methoxy groups -OCH3 is 1. The molecule has 0 saturated carbocycles. The van der Waals surface area contributed by atoms with Gasteiger partial charge in [-0.05, 0) is 17.7 Å². The number of aromatic nitrogens is 1. The molecule has 1 heterocycles. The molecule has 0 unspecified atom stereocenters. The summed E-state index contributed by atoms with van der Waals surface area (Å²) in [7, 11) is 1.22. The van der Waals surface area contributed by atoms with Gasteiger partial charge in [0.1, 0.15) is 11.3 Å². The third-order valence-electron chi connectivity index (χ3n) is 2.53. The lowest BCUT2D eigenvalue weighted by Gasteiger charge is -2.05. The number of hydrogen-bond acceptors (Lipinski definition) is 6. The first kappa shape index (κ1) is 13.2. The Morgan fingerprint density at radius 1 is 1.42 bits per heavy atom. The number of esters is 1. The molecule has 7 heteroatoms. The molecular formula is C12H11NO5S. The zero-order valence-corrected chi connectivity index (χ0v) is 10.8. The summed E-state index contributed by atoms with van der Waals surface area (Å²) in [5, 5.41) is 19.0. The number of rotatable bonds is 3. The Morgan fingerprint density at radius 2 is 2.16 bits per heavy atom. The number of carbonyl (C=O) groups excluding carboxylic acids is 1. The number of aromatic amines is 1. The van der Waals surface area contributed by atoms with Crippen LogP contribution in [0.25, 0.3) is 0 Å². The minimum atomic E-state index is -0.647. The summed E-state index contributed by atoms with van der Waals surface area (Å²) < 4.78 is 4.55. The Bertz CT molecular complexity index is 673. The number of hydrogen-bond donors (Lipinski definition) is 3. The fraction of sp³-hybridized carbons (Fsp3) is 0.167. The molecule has 0 aliphatic carbocycles. The number of phenols is 1. The monoisotopic (exact) mass is 281 g/mol. The summed E-state index contributed by atoms with van der Waals surface area (Å²) in [5.41, 5.74) is 0.714. The van der Waals surface area contributed by atoms with E-state index in [2.05, 4.69) is 9.72 Å². The number of aromatic hydroxyl groups is 2. The first-order valence-electron chi connectivity index (χ1n) is 5.32. The molecule has 0 aliphatic rings. The fourth-order valence-electron chi connectivity index (χ4n) is 1.62. The quantitative estimate of drug-likeness (QED) is 0.735. The highest BCUT2D eigenvalue weighted by atomic mass is 32.1. The number of benzene rings is 1. The molecule has 2 rings (SSSR count). The van der Waals surface area contributed by atoms with Crippen LogP contribution in [-0.2, 0) is 11.2 Å². The molecule has 19 heavy (non-hydrogen) atoms. The van der Waals surface area contributed by atoms with Crippen LogP contribution < -0.4 is 4.87 Å². The summed E-state index contributed by atoms with van der Waals surface area (Å²) in [4.78, 5) is 24.9. The van der Waals surface area contributed by atoms with E-state index in [9.17, 15) is 19.8 Å². The van der Waals surface area contributed by atoms with Gasteiger partial charge < -0.3 is 14.9 Å². The third-order valence-corrected chi connectivity index (χ3v) is 3.40. The van der Waals surface area contributed by atoms with Gasteiger partial charge in [-0.3, -0.25) is 9.78 Å². The predicted molar refractivity (Wildman–Crippen MR) is 68.9 cm³/mol. The molecule has 3 N–H and O–H groups in total. The second kappa shape index (κ2) is 5.15. The maximum Gasteiger partial charge on any atom is 0.341 e. The molecule has 0 saturated heterocycles. The van der Waals surface area contributed by atoms with Gasteiger partial charge in [-0.25, -0.2) is 4.79 Å². The Morgan fingerprint density at radius 3 is 2.74 bits per heavy atom. The van der Waals surface area contributed by atoms with E-state index >= 15 is 0 Å². The molecular weight excluding hydrogens is 270 g/mol. The molecule has 6 nitrogen and oxygen atoms in total. The van der Waals surface area contributed by atoms with E-state index in [1.54, 1.807) is 6.07 Å². The molecule has 0 amide bonds. The highest BCUT2D eigenvalue weighted by Crippen LogP contribution is 2.24. The van der Waals surface area contributed by atoms with E-state index < -0.39 is 5.97 Å². The third kappa shape index (κ3) is 2.76. The first-order valence-corrected chi connectivity index (χ1v) is 6.14. The van der Waals surface area contributed by atoms with Crippen LogP contribution in [0.15, 0.2) is 23.0 Å². The van der Waals surface area contributed by atoms with Crippen LogP contribution in [0.4, 0.5) is 0 Å². The zero-order chi connectivity index (χ0) is 14.0. The SMILES string of the molecule is COC(=O)c1cc(Cc2sc(=O)[nH]c2O)ccc1O. The van der Waals surface area contributed by atoms with E-state index in [0.717, 1.165) is 11.3 Å². The van der Waals surface area contributed by atoms with Gasteiger partial charge in [-0.2, -0.15) is 0 Å². The maximum atomic E-state index is 11.4. The number of carbonyl (C=O) groups is 1. The van der Waals surface area contributed by atoms with Crippen molar-refractivity contribution in [2.45, 2.75) is 6.42 Å². The van der Waals surface area contributed by atoms with Crippen molar-refractivity contribution >= 4 is 17.3 Å². The highest BCUT2D eigenvalue weighted by Gasteiger charge is 2.14. The molecule has 0 aliphatic heterocycles. The van der Waals surface area contributed by atoms with Gasteiger partial charge in [0.25, 0.3) is 0 Å². The van der Waals surface area contributed by atoms with Crippen molar-refractivity contribution < 1.29 is 19.7 Å². The highest BCUT2D eigenvalue weighted by molar-refractivity contribution is 7.09. The van der Waals surface area contributed by atoms with Gasteiger partial charge >= 0.3 is 10.8 Å². The molecule has 1 aromatic heterocycles. The predicted octanol–water partition coefficient (Wildman–Crippen LogP) is 1.22. The number of thiazole rings is 1. The number of H-pyrrole nitrogens is 1. The summed E-state index contributed by atoms with van der Waals surface area (Å²) in [6.45, 7) is 0. The van der Waals surface area contributed by atoms with Crippen LogP contribution >= 0.6 is 11.3 Å². The lowest BCUT2D eigenvalue weighted by atomic mass is 10.1. The zero-order valence-electron chi connectivity index (χ0n) is 9.97. The van der Waals surface area contributed by atoms with Crippen LogP contribution in [0.3, 0.4) is 0 Å². The van der Waals surface area contributed by atoms with Crippen molar-refractivity contribution in [1.82, 2.24) is 4.98 Å². The minimum Gasteiger partial charge on any atom is -0.507 e. The van der Waals surface area contributed by atoms with Crippen molar-refractivity contribution in [2.24, 2.45) is 0 Å². The van der Waals surface area contributed by atoms with Crippen molar-refractivity contribution in [1.29, 1.82) is 0 Å². The number of phenolic OH excluding ortho intramolecular Hbond substituents is 1. The Balaban J connectivity index is 2.34. The van der Waals surface area contributed by atoms with E-state index in [1.165, 1.54) is 19.2 Å². The van der Waals surface area contributed by atoms with E-state index in [4.69, 9.17) is 0 Å². The van der Waals surface area contributed by atoms with Crippen LogP contribution in [-0.4, -0.2) is 28.3 Å². The lowest BCUT2D eigenvalue weighted by Crippen LogP contribution is -2.02. The summed E-state index contributed by atoms with van der Waals surface area (Å²) in [6.07, 6.45) is 0.277. The molecule has 0 spiro atoms. The van der Waals surface area contributed by atoms with Crippen LogP contribution in [0.2, 0.25) is 0 Å². The van der Waals surface area contributed by atoms with Gasteiger partial charge in [0.15, 0.2) is 0 Å². The standard InChI is InChI=1S/C12H11NO5S/c1-18-11(16)7-4-6(2-3-8(7)14)5-9-10(15)13-12(17)19-9/h2-4,14-15H,5H2,1H3,(H,13,17). The second-order valence-corrected chi connectivity index (χ2v) is 4.87. The molecule has 100 valence electrons. The first-order chi connectivity index (χ1) is 9.01. The smallest absolute Gasteiger partial charge is 0.341 e. The van der Waals surface area contributed by atoms with E-state index in [-0.39, 0.29) is 28.5 Å². The summed E-state index contributed by atoms with van der Waals surface area (Å²) in [6, 6.07) is 4.43. The van der Waals surface area contributed by atoms with Gasteiger partial charge in [-0.15, -0.1) is 0 Å². The van der Waals surface area contributed by atoms with Gasteiger partial charge in [0, 0.05) is 6.42 Å². The van der Waals surface area contributed by atoms with Crippen molar-refractivity contribution in [3.8, 4) is 11.6 Å². The average molecular weight is 281 g/mol. The number of ether oxygens (including phenoxy) is 1. The molecule has 0 atom stereocenters. The minimum absolute atomic E-state index is 0.0439. The number of nitrogens with one attached hydrogen (secondary N) is 1. The maximum absolute atomic E-state index is 11.4. The van der Waals surface area contributed by atoms with Gasteiger partial charge in [0.2, 0.25) is 5.88 Å². The van der Waals surface area contributed by atoms with E-state index in [1.807, 2.05) is 0 Å². The largest absolute Gasteiger partial charge is 0.507 e. The van der Waals surface area contributed by atoms with Crippen molar-refractivity contribution in [2.75, 3.05) is 7.11 Å². The lowest BCUT2D eigenvalue weighted by molar-refractivity contribution is 0.0597. The van der Waals surface area contributed by atoms with Crippen LogP contribution in [0.1, 0.15) is 20.8 Å². The summed E-state index contributed by atoms with van der Waals surface area (Å²) in [5.74, 6) is -1.00. The molecule has 2 aromatic rings. The van der Waals surface area contributed by atoms with E-state index in [0.29, 0.717) is 10.4 Å². The Kier molecular flexibility index (Phi) is 3.57. The molecule has 0 fully saturated rings. The Labute approximate surface area is 111 Å². The van der Waals surface area contributed by atoms with Gasteiger partial charge in [-0.1, -0.05) is 17.4 Å².